The molecule has 132 valence electrons. The average Bonchev–Trinajstić information content (AvgIpc) is 2.97. The smallest absolute Gasteiger partial charge is 0.191 e. The minimum absolute atomic E-state index is 0. The number of H-pyrrole nitrogens is 1. The van der Waals surface area contributed by atoms with Gasteiger partial charge in [-0.15, -0.1) is 24.0 Å². The zero-order chi connectivity index (χ0) is 16.5. The number of nitrogens with zero attached hydrogens (tertiary/aromatic N) is 2. The maximum Gasteiger partial charge on any atom is 0.191 e. The molecule has 0 saturated carbocycles. The van der Waals surface area contributed by atoms with Gasteiger partial charge in [0.2, 0.25) is 0 Å². The number of aryl methyl sites for hydroxylation is 2. The first kappa shape index (κ1) is 20.5. The summed E-state index contributed by atoms with van der Waals surface area (Å²) in [5.74, 6) is 0.868. The highest BCUT2D eigenvalue weighted by molar-refractivity contribution is 14.0. The average molecular weight is 441 g/mol. The second-order valence-corrected chi connectivity index (χ2v) is 5.66. The number of aliphatic imine (C=N–C) groups is 1. The minimum Gasteiger partial charge on any atom is -0.357 e. The molecule has 1 atom stereocenters. The van der Waals surface area contributed by atoms with E-state index in [-0.39, 0.29) is 30.0 Å². The molecule has 6 heteroatoms. The minimum atomic E-state index is 0. The van der Waals surface area contributed by atoms with Crippen LogP contribution in [-0.2, 0) is 6.42 Å². The summed E-state index contributed by atoms with van der Waals surface area (Å²) in [7, 11) is 0. The van der Waals surface area contributed by atoms with Crippen LogP contribution in [0.1, 0.15) is 43.1 Å². The summed E-state index contributed by atoms with van der Waals surface area (Å²) in [6.07, 6.45) is 3.91. The molecular formula is C18H28IN5. The first-order chi connectivity index (χ1) is 11.2. The summed E-state index contributed by atoms with van der Waals surface area (Å²) in [6, 6.07) is 10.6. The Morgan fingerprint density at radius 3 is 2.67 bits per heavy atom. The van der Waals surface area contributed by atoms with Gasteiger partial charge in [-0.05, 0) is 44.7 Å². The number of aromatic nitrogens is 2. The Balaban J connectivity index is 0.00000288. The Morgan fingerprint density at radius 1 is 1.29 bits per heavy atom. The van der Waals surface area contributed by atoms with Crippen molar-refractivity contribution in [3.63, 3.8) is 0 Å². The Morgan fingerprint density at radius 2 is 2.04 bits per heavy atom. The second-order valence-electron chi connectivity index (χ2n) is 5.66. The van der Waals surface area contributed by atoms with Crippen LogP contribution in [0, 0.1) is 6.92 Å². The van der Waals surface area contributed by atoms with E-state index in [1.807, 2.05) is 12.3 Å². The fourth-order valence-electron chi connectivity index (χ4n) is 2.44. The van der Waals surface area contributed by atoms with Crippen LogP contribution in [0.3, 0.4) is 0 Å². The van der Waals surface area contributed by atoms with Crippen LogP contribution in [0.5, 0.6) is 0 Å². The van der Waals surface area contributed by atoms with E-state index in [9.17, 15) is 0 Å². The normalized spacial score (nSPS) is 12.4. The van der Waals surface area contributed by atoms with Crippen molar-refractivity contribution in [2.45, 2.75) is 39.7 Å². The van der Waals surface area contributed by atoms with Crippen molar-refractivity contribution in [1.29, 1.82) is 0 Å². The third kappa shape index (κ3) is 6.51. The molecule has 0 aliphatic heterocycles. The maximum atomic E-state index is 4.67. The van der Waals surface area contributed by atoms with E-state index in [4.69, 9.17) is 0 Å². The van der Waals surface area contributed by atoms with Gasteiger partial charge in [-0.25, -0.2) is 0 Å². The molecule has 0 aliphatic carbocycles. The van der Waals surface area contributed by atoms with Crippen molar-refractivity contribution in [2.24, 2.45) is 4.99 Å². The lowest BCUT2D eigenvalue weighted by Crippen LogP contribution is -2.38. The number of rotatable bonds is 7. The predicted octanol–water partition coefficient (Wildman–Crippen LogP) is 3.59. The quantitative estimate of drug-likeness (QED) is 0.266. The van der Waals surface area contributed by atoms with Crippen LogP contribution >= 0.6 is 24.0 Å². The Hall–Kier alpha value is -1.57. The highest BCUT2D eigenvalue weighted by Gasteiger charge is 2.07. The number of aromatic amines is 1. The molecule has 2 rings (SSSR count). The summed E-state index contributed by atoms with van der Waals surface area (Å²) < 4.78 is 0. The molecule has 0 radical (unpaired) electrons. The highest BCUT2D eigenvalue weighted by Crippen LogP contribution is 2.11. The topological polar surface area (TPSA) is 65.1 Å². The lowest BCUT2D eigenvalue weighted by atomic mass is 10.1. The van der Waals surface area contributed by atoms with Crippen LogP contribution in [0.2, 0.25) is 0 Å². The molecule has 0 aliphatic rings. The molecule has 1 unspecified atom stereocenters. The van der Waals surface area contributed by atoms with E-state index in [1.165, 1.54) is 11.1 Å². The Bertz CT molecular complexity index is 609. The predicted molar refractivity (Wildman–Crippen MR) is 111 cm³/mol. The van der Waals surface area contributed by atoms with Crippen LogP contribution in [-0.4, -0.2) is 29.2 Å². The summed E-state index contributed by atoms with van der Waals surface area (Å²) in [5.41, 5.74) is 3.68. The summed E-state index contributed by atoms with van der Waals surface area (Å²) >= 11 is 0. The molecule has 1 heterocycles. The third-order valence-corrected chi connectivity index (χ3v) is 3.81. The number of hydrogen-bond donors (Lipinski definition) is 3. The van der Waals surface area contributed by atoms with E-state index in [2.05, 4.69) is 70.9 Å². The molecule has 0 amide bonds. The van der Waals surface area contributed by atoms with Gasteiger partial charge in [0.25, 0.3) is 0 Å². The van der Waals surface area contributed by atoms with Crippen LogP contribution in [0.15, 0.2) is 41.5 Å². The van der Waals surface area contributed by atoms with Gasteiger partial charge in [0.1, 0.15) is 0 Å². The zero-order valence-electron chi connectivity index (χ0n) is 14.7. The van der Waals surface area contributed by atoms with Crippen molar-refractivity contribution < 1.29 is 0 Å². The van der Waals surface area contributed by atoms with Crippen LogP contribution in [0.4, 0.5) is 0 Å². The van der Waals surface area contributed by atoms with E-state index >= 15 is 0 Å². The number of benzene rings is 1. The highest BCUT2D eigenvalue weighted by atomic mass is 127. The van der Waals surface area contributed by atoms with Crippen molar-refractivity contribution >= 4 is 29.9 Å². The molecular weight excluding hydrogens is 413 g/mol. The Labute approximate surface area is 161 Å². The standard InChI is InChI=1S/C18H27N5.HI/c1-4-19-18(22-14(2)16-9-6-5-7-10-16)20-12-8-11-17-13-21-23-15(17)3;/h5-7,9-10,13-14H,4,8,11-12H2,1-3H3,(H,21,23)(H2,19,20,22);1H. The molecule has 5 nitrogen and oxygen atoms in total. The van der Waals surface area contributed by atoms with Crippen molar-refractivity contribution in [2.75, 3.05) is 13.1 Å². The first-order valence-electron chi connectivity index (χ1n) is 8.29. The zero-order valence-corrected chi connectivity index (χ0v) is 17.0. The largest absolute Gasteiger partial charge is 0.357 e. The maximum absolute atomic E-state index is 4.67. The summed E-state index contributed by atoms with van der Waals surface area (Å²) in [6.45, 7) is 7.94. The van der Waals surface area contributed by atoms with Crippen LogP contribution in [0.25, 0.3) is 0 Å². The van der Waals surface area contributed by atoms with Gasteiger partial charge in [-0.3, -0.25) is 10.1 Å². The number of nitrogens with one attached hydrogen (secondary N) is 3. The fourth-order valence-corrected chi connectivity index (χ4v) is 2.44. The molecule has 0 saturated heterocycles. The first-order valence-corrected chi connectivity index (χ1v) is 8.29. The molecule has 24 heavy (non-hydrogen) atoms. The van der Waals surface area contributed by atoms with Gasteiger partial charge in [0.15, 0.2) is 5.96 Å². The molecule has 0 fully saturated rings. The van der Waals surface area contributed by atoms with Crippen molar-refractivity contribution in [3.05, 3.63) is 53.3 Å². The van der Waals surface area contributed by atoms with E-state index in [0.29, 0.717) is 0 Å². The van der Waals surface area contributed by atoms with Gasteiger partial charge in [0.05, 0.1) is 12.2 Å². The summed E-state index contributed by atoms with van der Waals surface area (Å²) in [4.78, 5) is 4.67. The Kier molecular flexibility index (Phi) is 9.44. The molecule has 2 aromatic rings. The van der Waals surface area contributed by atoms with Gasteiger partial charge >= 0.3 is 0 Å². The van der Waals surface area contributed by atoms with E-state index < -0.39 is 0 Å². The summed E-state index contributed by atoms with van der Waals surface area (Å²) in [5, 5.41) is 13.8. The molecule has 1 aromatic carbocycles. The third-order valence-electron chi connectivity index (χ3n) is 3.81. The lowest BCUT2D eigenvalue weighted by Gasteiger charge is -2.18. The van der Waals surface area contributed by atoms with Gasteiger partial charge < -0.3 is 10.6 Å². The van der Waals surface area contributed by atoms with Crippen LogP contribution < -0.4 is 10.6 Å². The van der Waals surface area contributed by atoms with Gasteiger partial charge in [0, 0.05) is 18.8 Å². The molecule has 1 aromatic heterocycles. The van der Waals surface area contributed by atoms with E-state index in [0.717, 1.165) is 37.6 Å². The fraction of sp³-hybridized carbons (Fsp3) is 0.444. The van der Waals surface area contributed by atoms with Gasteiger partial charge in [-0.1, -0.05) is 30.3 Å². The number of guanidine groups is 1. The van der Waals surface area contributed by atoms with Gasteiger partial charge in [-0.2, -0.15) is 5.10 Å². The second kappa shape index (κ2) is 11.1. The lowest BCUT2D eigenvalue weighted by molar-refractivity contribution is 0.683. The molecule has 0 spiro atoms. The van der Waals surface area contributed by atoms with Crippen molar-refractivity contribution in [1.82, 2.24) is 20.8 Å². The van der Waals surface area contributed by atoms with Crippen molar-refractivity contribution in [3.8, 4) is 0 Å². The monoisotopic (exact) mass is 441 g/mol. The number of halogens is 1. The van der Waals surface area contributed by atoms with E-state index in [1.54, 1.807) is 0 Å². The number of hydrogen-bond acceptors (Lipinski definition) is 2. The molecule has 3 N–H and O–H groups in total. The molecule has 0 bridgehead atoms. The SMILES string of the molecule is CCNC(=NCCCc1cn[nH]c1C)NC(C)c1ccccc1.I.